The number of hydrogen-bond donors (Lipinski definition) is 2. The number of rotatable bonds is 7. The Morgan fingerprint density at radius 2 is 2.18 bits per heavy atom. The van der Waals surface area contributed by atoms with Crippen molar-refractivity contribution in [2.45, 2.75) is 19.8 Å². The molecule has 0 aliphatic heterocycles. The molecule has 0 saturated heterocycles. The maximum absolute atomic E-state index is 11.6. The maximum Gasteiger partial charge on any atom is 0.224 e. The smallest absolute Gasteiger partial charge is 0.224 e. The summed E-state index contributed by atoms with van der Waals surface area (Å²) in [5, 5.41) is 2.84. The number of ether oxygens (including phenoxy) is 1. The Balaban J connectivity index is 2.23. The number of nitrogens with two attached hydrogens (primary N) is 1. The van der Waals surface area contributed by atoms with Crippen LogP contribution in [0.15, 0.2) is 24.3 Å². The van der Waals surface area contributed by atoms with Gasteiger partial charge in [0.1, 0.15) is 0 Å². The Labute approximate surface area is 102 Å². The lowest BCUT2D eigenvalue weighted by atomic mass is 10.1. The predicted octanol–water partition coefficient (Wildman–Crippen LogP) is 1.35. The zero-order chi connectivity index (χ0) is 12.5. The van der Waals surface area contributed by atoms with Crippen LogP contribution < -0.4 is 11.1 Å². The molecule has 0 aliphatic carbocycles. The van der Waals surface area contributed by atoms with Crippen LogP contribution in [0.2, 0.25) is 0 Å². The molecule has 4 heteroatoms. The molecule has 1 aromatic carbocycles. The molecular weight excluding hydrogens is 216 g/mol. The molecule has 0 spiro atoms. The summed E-state index contributed by atoms with van der Waals surface area (Å²) in [7, 11) is 0. The van der Waals surface area contributed by atoms with E-state index in [0.717, 1.165) is 12.0 Å². The molecular formula is C13H20N2O2. The second-order valence-corrected chi connectivity index (χ2v) is 3.78. The van der Waals surface area contributed by atoms with Crippen LogP contribution in [-0.2, 0) is 16.0 Å². The number of para-hydroxylation sites is 1. The highest BCUT2D eigenvalue weighted by Gasteiger charge is 2.04. The highest BCUT2D eigenvalue weighted by atomic mass is 16.5. The van der Waals surface area contributed by atoms with E-state index < -0.39 is 0 Å². The number of anilines is 1. The van der Waals surface area contributed by atoms with Gasteiger partial charge in [0.05, 0.1) is 6.42 Å². The molecule has 0 aromatic heterocycles. The van der Waals surface area contributed by atoms with E-state index in [4.69, 9.17) is 10.5 Å². The van der Waals surface area contributed by atoms with Gasteiger partial charge >= 0.3 is 0 Å². The summed E-state index contributed by atoms with van der Waals surface area (Å²) >= 11 is 0. The molecule has 3 N–H and O–H groups in total. The molecule has 0 bridgehead atoms. The largest absolute Gasteiger partial charge is 0.398 e. The van der Waals surface area contributed by atoms with Gasteiger partial charge in [0.2, 0.25) is 5.91 Å². The number of amides is 1. The average molecular weight is 236 g/mol. The Morgan fingerprint density at radius 3 is 2.88 bits per heavy atom. The average Bonchev–Trinajstić information content (AvgIpc) is 2.32. The standard InChI is InChI=1S/C13H20N2O2/c1-2-17-9-5-8-15-13(16)10-11-6-3-4-7-12(11)14/h3-4,6-7H,2,5,8-10,14H2,1H3,(H,15,16). The summed E-state index contributed by atoms with van der Waals surface area (Å²) < 4.78 is 5.18. The van der Waals surface area contributed by atoms with Crippen molar-refractivity contribution < 1.29 is 9.53 Å². The molecule has 0 unspecified atom stereocenters. The van der Waals surface area contributed by atoms with Crippen molar-refractivity contribution in [3.63, 3.8) is 0 Å². The molecule has 0 radical (unpaired) electrons. The van der Waals surface area contributed by atoms with Crippen molar-refractivity contribution >= 4 is 11.6 Å². The van der Waals surface area contributed by atoms with E-state index in [0.29, 0.717) is 31.9 Å². The maximum atomic E-state index is 11.6. The molecule has 0 aliphatic rings. The van der Waals surface area contributed by atoms with Gasteiger partial charge in [-0.2, -0.15) is 0 Å². The molecule has 17 heavy (non-hydrogen) atoms. The van der Waals surface area contributed by atoms with Gasteiger partial charge in [-0.3, -0.25) is 4.79 Å². The molecule has 0 saturated carbocycles. The van der Waals surface area contributed by atoms with Gasteiger partial charge in [-0.05, 0) is 25.0 Å². The first-order valence-corrected chi connectivity index (χ1v) is 5.92. The lowest BCUT2D eigenvalue weighted by Crippen LogP contribution is -2.27. The molecule has 1 rings (SSSR count). The summed E-state index contributed by atoms with van der Waals surface area (Å²) in [4.78, 5) is 11.6. The van der Waals surface area contributed by atoms with Gasteiger partial charge in [-0.1, -0.05) is 18.2 Å². The third kappa shape index (κ3) is 5.36. The summed E-state index contributed by atoms with van der Waals surface area (Å²) in [6.07, 6.45) is 1.17. The van der Waals surface area contributed by atoms with E-state index in [1.807, 2.05) is 25.1 Å². The van der Waals surface area contributed by atoms with Gasteiger partial charge < -0.3 is 15.8 Å². The SMILES string of the molecule is CCOCCCNC(=O)Cc1ccccc1N. The Bertz CT molecular complexity index is 353. The van der Waals surface area contributed by atoms with Crippen LogP contribution in [0, 0.1) is 0 Å². The second-order valence-electron chi connectivity index (χ2n) is 3.78. The normalized spacial score (nSPS) is 10.2. The lowest BCUT2D eigenvalue weighted by molar-refractivity contribution is -0.120. The van der Waals surface area contributed by atoms with E-state index in [9.17, 15) is 4.79 Å². The van der Waals surface area contributed by atoms with Gasteiger partial charge in [-0.25, -0.2) is 0 Å². The van der Waals surface area contributed by atoms with Crippen molar-refractivity contribution in [2.75, 3.05) is 25.5 Å². The monoisotopic (exact) mass is 236 g/mol. The second kappa shape index (κ2) is 7.68. The topological polar surface area (TPSA) is 64.3 Å². The molecule has 0 atom stereocenters. The van der Waals surface area contributed by atoms with Crippen molar-refractivity contribution in [1.82, 2.24) is 5.32 Å². The van der Waals surface area contributed by atoms with Crippen molar-refractivity contribution in [2.24, 2.45) is 0 Å². The van der Waals surface area contributed by atoms with Crippen LogP contribution in [-0.4, -0.2) is 25.7 Å². The summed E-state index contributed by atoms with van der Waals surface area (Å²) in [6, 6.07) is 7.42. The third-order valence-electron chi connectivity index (χ3n) is 2.40. The highest BCUT2D eigenvalue weighted by molar-refractivity contribution is 5.80. The number of carbonyl (C=O) groups is 1. The van der Waals surface area contributed by atoms with Gasteiger partial charge in [0.25, 0.3) is 0 Å². The molecule has 1 amide bonds. The molecule has 0 heterocycles. The predicted molar refractivity (Wildman–Crippen MR) is 68.7 cm³/mol. The van der Waals surface area contributed by atoms with E-state index in [2.05, 4.69) is 5.32 Å². The molecule has 94 valence electrons. The zero-order valence-electron chi connectivity index (χ0n) is 10.2. The van der Waals surface area contributed by atoms with Crippen LogP contribution in [0.25, 0.3) is 0 Å². The minimum absolute atomic E-state index is 0.000557. The molecule has 4 nitrogen and oxygen atoms in total. The minimum atomic E-state index is -0.000557. The number of carbonyl (C=O) groups excluding carboxylic acids is 1. The fourth-order valence-electron chi connectivity index (χ4n) is 1.48. The van der Waals surface area contributed by atoms with Gasteiger partial charge in [0, 0.05) is 25.4 Å². The van der Waals surface area contributed by atoms with E-state index in [-0.39, 0.29) is 5.91 Å². The quantitative estimate of drug-likeness (QED) is 0.555. The first kappa shape index (κ1) is 13.5. The van der Waals surface area contributed by atoms with Crippen molar-refractivity contribution in [3.05, 3.63) is 29.8 Å². The number of hydrogen-bond acceptors (Lipinski definition) is 3. The third-order valence-corrected chi connectivity index (χ3v) is 2.40. The van der Waals surface area contributed by atoms with E-state index >= 15 is 0 Å². The Hall–Kier alpha value is -1.55. The summed E-state index contributed by atoms with van der Waals surface area (Å²) in [5.74, 6) is -0.000557. The van der Waals surface area contributed by atoms with Crippen LogP contribution in [0.3, 0.4) is 0 Å². The number of benzene rings is 1. The first-order valence-electron chi connectivity index (χ1n) is 5.92. The van der Waals surface area contributed by atoms with Crippen LogP contribution in [0.1, 0.15) is 18.9 Å². The van der Waals surface area contributed by atoms with Crippen LogP contribution in [0.4, 0.5) is 5.69 Å². The van der Waals surface area contributed by atoms with Gasteiger partial charge in [-0.15, -0.1) is 0 Å². The Kier molecular flexibility index (Phi) is 6.10. The van der Waals surface area contributed by atoms with Crippen molar-refractivity contribution in [1.29, 1.82) is 0 Å². The van der Waals surface area contributed by atoms with Gasteiger partial charge in [0.15, 0.2) is 0 Å². The zero-order valence-corrected chi connectivity index (χ0v) is 10.2. The van der Waals surface area contributed by atoms with E-state index in [1.54, 1.807) is 6.07 Å². The first-order chi connectivity index (χ1) is 8.24. The Morgan fingerprint density at radius 1 is 1.41 bits per heavy atom. The number of nitrogens with one attached hydrogen (secondary N) is 1. The highest BCUT2D eigenvalue weighted by Crippen LogP contribution is 2.10. The number of nitrogen functional groups attached to an aromatic ring is 1. The molecule has 0 fully saturated rings. The minimum Gasteiger partial charge on any atom is -0.398 e. The fourth-order valence-corrected chi connectivity index (χ4v) is 1.48. The van der Waals surface area contributed by atoms with Crippen LogP contribution in [0.5, 0.6) is 0 Å². The van der Waals surface area contributed by atoms with Crippen molar-refractivity contribution in [3.8, 4) is 0 Å². The fraction of sp³-hybridized carbons (Fsp3) is 0.462. The summed E-state index contributed by atoms with van der Waals surface area (Å²) in [5.41, 5.74) is 7.30. The van der Waals surface area contributed by atoms with E-state index in [1.165, 1.54) is 0 Å². The van der Waals surface area contributed by atoms with Crippen LogP contribution >= 0.6 is 0 Å². The summed E-state index contributed by atoms with van der Waals surface area (Å²) in [6.45, 7) is 4.00. The lowest BCUT2D eigenvalue weighted by Gasteiger charge is -2.07. The molecule has 1 aromatic rings.